The van der Waals surface area contributed by atoms with Crippen molar-refractivity contribution in [2.45, 2.75) is 44.9 Å². The lowest BCUT2D eigenvalue weighted by Gasteiger charge is -2.43. The zero-order valence-electron chi connectivity index (χ0n) is 16.7. The van der Waals surface area contributed by atoms with Gasteiger partial charge in [-0.25, -0.2) is 13.1 Å². The van der Waals surface area contributed by atoms with E-state index in [1.165, 1.54) is 17.0 Å². The Balaban J connectivity index is 0.00000289. The van der Waals surface area contributed by atoms with Gasteiger partial charge in [0, 0.05) is 18.8 Å². The minimum atomic E-state index is -4.05. The molecule has 1 aliphatic carbocycles. The fourth-order valence-corrected chi connectivity index (χ4v) is 5.72. The summed E-state index contributed by atoms with van der Waals surface area (Å²) in [4.78, 5) is 17.0. The summed E-state index contributed by atoms with van der Waals surface area (Å²) in [5.41, 5.74) is 1.31. The van der Waals surface area contributed by atoms with E-state index < -0.39 is 27.6 Å². The Hall–Kier alpha value is -2.09. The molecule has 0 bridgehead atoms. The zero-order valence-corrected chi connectivity index (χ0v) is 19.1. The van der Waals surface area contributed by atoms with Gasteiger partial charge < -0.3 is 15.0 Å². The van der Waals surface area contributed by atoms with Gasteiger partial charge in [-0.15, -0.1) is 0 Å². The second-order valence-electron chi connectivity index (χ2n) is 8.35. The number of aliphatic hydroxyl groups is 1. The first-order valence-electron chi connectivity index (χ1n) is 9.52. The number of aromatic amines is 1. The van der Waals surface area contributed by atoms with Crippen LogP contribution in [0.2, 0.25) is 10.0 Å². The van der Waals surface area contributed by atoms with Crippen LogP contribution in [0.5, 0.6) is 0 Å². The van der Waals surface area contributed by atoms with Crippen molar-refractivity contribution in [2.75, 3.05) is 13.1 Å². The van der Waals surface area contributed by atoms with E-state index >= 15 is 0 Å². The average Bonchev–Trinajstić information content (AvgIpc) is 3.20. The summed E-state index contributed by atoms with van der Waals surface area (Å²) in [7, 11) is -4.05. The van der Waals surface area contributed by atoms with Gasteiger partial charge in [-0.3, -0.25) is 4.79 Å². The monoisotopic (exact) mass is 498 g/mol. The molecule has 2 heterocycles. The third-order valence-electron chi connectivity index (χ3n) is 5.78. The number of nitriles is 1. The van der Waals surface area contributed by atoms with E-state index in [9.17, 15) is 18.3 Å². The lowest BCUT2D eigenvalue weighted by Crippen LogP contribution is -2.56. The second-order valence-corrected chi connectivity index (χ2v) is 10.8. The zero-order chi connectivity index (χ0) is 22.7. The Labute approximate surface area is 197 Å². The molecule has 2 aliphatic rings. The number of amides is 1. The van der Waals surface area contributed by atoms with Gasteiger partial charge in [0.15, 0.2) is 0 Å². The van der Waals surface area contributed by atoms with Crippen molar-refractivity contribution >= 4 is 39.1 Å². The predicted molar refractivity (Wildman–Crippen MR) is 121 cm³/mol. The maximum absolute atomic E-state index is 12.9. The van der Waals surface area contributed by atoms with Crippen LogP contribution in [0.4, 0.5) is 0 Å². The molecule has 1 aromatic carbocycles. The number of aliphatic hydroxyl groups excluding tert-OH is 1. The first-order valence-corrected chi connectivity index (χ1v) is 11.8. The lowest BCUT2D eigenvalue weighted by atomic mass is 9.83. The molecule has 1 fully saturated rings. The number of likely N-dealkylation sites (tertiary alicyclic amines) is 1. The molecule has 0 saturated carbocycles. The molecule has 11 heteroatoms. The molecule has 0 radical (unpaired) electrons. The highest BCUT2D eigenvalue weighted by atomic mass is 35.5. The number of hydrogen-bond acceptors (Lipinski definition) is 5. The maximum Gasteiger partial charge on any atom is 0.256 e. The van der Waals surface area contributed by atoms with Crippen molar-refractivity contribution < 1.29 is 18.3 Å². The van der Waals surface area contributed by atoms with Crippen molar-refractivity contribution in [1.29, 1.82) is 5.26 Å². The van der Waals surface area contributed by atoms with Crippen LogP contribution in [0.15, 0.2) is 23.2 Å². The van der Waals surface area contributed by atoms with Gasteiger partial charge in [-0.1, -0.05) is 30.6 Å². The first kappa shape index (κ1) is 24.6. The topological polar surface area (TPSA) is 126 Å². The van der Waals surface area contributed by atoms with Gasteiger partial charge in [0.25, 0.3) is 15.9 Å². The quantitative estimate of drug-likeness (QED) is 0.596. The summed E-state index contributed by atoms with van der Waals surface area (Å²) >= 11 is 12.0. The number of halogens is 2. The minimum Gasteiger partial charge on any atom is -0.387 e. The number of rotatable bonds is 4. The number of nitrogens with zero attached hydrogens (tertiary/aromatic N) is 2. The average molecular weight is 499 g/mol. The second kappa shape index (κ2) is 8.36. The molecule has 1 aromatic heterocycles. The number of carbonyl (C=O) groups is 1. The molecular formula is C21H24Cl2N4O4S. The number of carbonyl (C=O) groups excluding carboxylic acids is 1. The Bertz CT molecular complexity index is 1230. The first-order chi connectivity index (χ1) is 14.4. The number of sulfonamides is 1. The van der Waals surface area contributed by atoms with Crippen LogP contribution in [-0.2, 0) is 16.4 Å². The highest BCUT2D eigenvalue weighted by Gasteiger charge is 2.43. The molecule has 1 aliphatic heterocycles. The predicted octanol–water partition coefficient (Wildman–Crippen LogP) is 3.19. The number of benzene rings is 1. The Morgan fingerprint density at radius 1 is 1.31 bits per heavy atom. The Morgan fingerprint density at radius 2 is 1.94 bits per heavy atom. The molecule has 0 unspecified atom stereocenters. The molecule has 1 amide bonds. The summed E-state index contributed by atoms with van der Waals surface area (Å²) in [5, 5.41) is 20.1. The highest BCUT2D eigenvalue weighted by Crippen LogP contribution is 2.37. The van der Waals surface area contributed by atoms with Gasteiger partial charge in [0.2, 0.25) is 0 Å². The van der Waals surface area contributed by atoms with E-state index in [4.69, 9.17) is 28.5 Å². The van der Waals surface area contributed by atoms with Gasteiger partial charge in [-0.2, -0.15) is 5.26 Å². The molecule has 172 valence electrons. The number of aromatic nitrogens is 1. The van der Waals surface area contributed by atoms with E-state index in [1.54, 1.807) is 19.9 Å². The normalized spacial score (nSPS) is 21.3. The van der Waals surface area contributed by atoms with E-state index in [0.29, 0.717) is 34.9 Å². The van der Waals surface area contributed by atoms with E-state index in [1.807, 2.05) is 0 Å². The van der Waals surface area contributed by atoms with E-state index in [2.05, 4.69) is 15.8 Å². The number of aryl methyl sites for hydroxylation is 1. The number of fused-ring (bicyclic) bond motifs is 1. The fraction of sp³-hybridized carbons (Fsp3) is 0.429. The van der Waals surface area contributed by atoms with Crippen LogP contribution < -0.4 is 4.72 Å². The number of hydrogen-bond donors (Lipinski definition) is 3. The van der Waals surface area contributed by atoms with Crippen LogP contribution in [0.3, 0.4) is 0 Å². The molecular weight excluding hydrogens is 475 g/mol. The Morgan fingerprint density at radius 3 is 2.56 bits per heavy atom. The molecule has 1 saturated heterocycles. The molecule has 0 spiro atoms. The standard InChI is InChI=1S/C20H20Cl2N4O4S.CH4/c1-10-12(19(28)26-8-20(2,7-23)9-26)6-17(24-10)31(29,30)25-16-4-11-3-14(21)15(22)5-13(11)18(16)27;/h3,5-6,16,18,24-25,27H,4,8-9H2,1-2H3;1H4/t16-,18-;/m1./s1. The van der Waals surface area contributed by atoms with Crippen molar-refractivity contribution in [2.24, 2.45) is 5.41 Å². The van der Waals surface area contributed by atoms with Gasteiger partial charge >= 0.3 is 0 Å². The summed E-state index contributed by atoms with van der Waals surface area (Å²) in [6, 6.07) is 5.81. The van der Waals surface area contributed by atoms with Gasteiger partial charge in [-0.05, 0) is 49.6 Å². The maximum atomic E-state index is 12.9. The lowest BCUT2D eigenvalue weighted by molar-refractivity contribution is 0.0368. The van der Waals surface area contributed by atoms with Crippen LogP contribution in [0.1, 0.15) is 47.6 Å². The molecule has 2 aromatic rings. The summed E-state index contributed by atoms with van der Waals surface area (Å²) < 4.78 is 28.4. The SMILES string of the molecule is C.Cc1[nH]c(S(=O)(=O)N[C@@H]2Cc3cc(Cl)c(Cl)cc3[C@H]2O)cc1C(=O)N1CC(C)(C#N)C1. The minimum absolute atomic E-state index is 0. The van der Waals surface area contributed by atoms with E-state index in [-0.39, 0.29) is 35.4 Å². The molecule has 32 heavy (non-hydrogen) atoms. The molecule has 4 rings (SSSR count). The largest absolute Gasteiger partial charge is 0.387 e. The summed E-state index contributed by atoms with van der Waals surface area (Å²) in [5.74, 6) is -0.333. The summed E-state index contributed by atoms with van der Waals surface area (Å²) in [6.07, 6.45) is -0.833. The molecule has 8 nitrogen and oxygen atoms in total. The Kier molecular flexibility index (Phi) is 6.41. The van der Waals surface area contributed by atoms with E-state index in [0.717, 1.165) is 0 Å². The van der Waals surface area contributed by atoms with Crippen molar-refractivity contribution in [3.8, 4) is 6.07 Å². The van der Waals surface area contributed by atoms with Crippen molar-refractivity contribution in [1.82, 2.24) is 14.6 Å². The third kappa shape index (κ3) is 4.14. The third-order valence-corrected chi connectivity index (χ3v) is 7.91. The molecule has 2 atom stereocenters. The van der Waals surface area contributed by atoms with Gasteiger partial charge in [0.05, 0.1) is 39.2 Å². The van der Waals surface area contributed by atoms with Crippen LogP contribution in [0.25, 0.3) is 0 Å². The van der Waals surface area contributed by atoms with Crippen molar-refractivity contribution in [3.05, 3.63) is 50.6 Å². The van der Waals surface area contributed by atoms with Gasteiger partial charge in [0.1, 0.15) is 5.03 Å². The summed E-state index contributed by atoms with van der Waals surface area (Å²) in [6.45, 7) is 3.97. The van der Waals surface area contributed by atoms with Crippen LogP contribution in [0, 0.1) is 23.7 Å². The van der Waals surface area contributed by atoms with Crippen molar-refractivity contribution in [3.63, 3.8) is 0 Å². The smallest absolute Gasteiger partial charge is 0.256 e. The van der Waals surface area contributed by atoms with Crippen LogP contribution in [-0.4, -0.2) is 48.4 Å². The number of H-pyrrole nitrogens is 1. The molecule has 3 N–H and O–H groups in total. The fourth-order valence-electron chi connectivity index (χ4n) is 4.07. The number of nitrogens with one attached hydrogen (secondary N) is 2. The van der Waals surface area contributed by atoms with Crippen LogP contribution >= 0.6 is 23.2 Å². The highest BCUT2D eigenvalue weighted by molar-refractivity contribution is 7.89.